The van der Waals surface area contributed by atoms with Crippen LogP contribution in [0, 0.1) is 0 Å². The van der Waals surface area contributed by atoms with Crippen molar-refractivity contribution < 1.29 is 14.6 Å². The van der Waals surface area contributed by atoms with Gasteiger partial charge >= 0.3 is 5.97 Å². The molecule has 0 saturated heterocycles. The molecule has 170 valence electrons. The molecule has 0 heterocycles. The summed E-state index contributed by atoms with van der Waals surface area (Å²) >= 11 is 0. The van der Waals surface area contributed by atoms with Crippen molar-refractivity contribution in [1.82, 2.24) is 0 Å². The van der Waals surface area contributed by atoms with Gasteiger partial charge < -0.3 is 9.84 Å². The van der Waals surface area contributed by atoms with Gasteiger partial charge in [-0.1, -0.05) is 98.8 Å². The van der Waals surface area contributed by atoms with Crippen LogP contribution in [0.1, 0.15) is 116 Å². The highest BCUT2D eigenvalue weighted by molar-refractivity contribution is 5.70. The minimum Gasteiger partial charge on any atom is -0.507 e. The summed E-state index contributed by atoms with van der Waals surface area (Å²) in [6.07, 6.45) is 11.2. The van der Waals surface area contributed by atoms with Gasteiger partial charge in [0.25, 0.3) is 0 Å². The molecule has 1 aromatic rings. The number of carbonyl (C=O) groups excluding carboxylic acids is 1. The van der Waals surface area contributed by atoms with Gasteiger partial charge in [-0.05, 0) is 35.7 Å². The maximum absolute atomic E-state index is 11.9. The van der Waals surface area contributed by atoms with E-state index in [1.165, 1.54) is 31.9 Å². The Balaban J connectivity index is 3.31. The predicted molar refractivity (Wildman–Crippen MR) is 127 cm³/mol. The summed E-state index contributed by atoms with van der Waals surface area (Å²) in [5, 5.41) is 11.4. The molecule has 3 heteroatoms. The Morgan fingerprint density at radius 3 is 1.83 bits per heavy atom. The van der Waals surface area contributed by atoms with Gasteiger partial charge in [0.1, 0.15) is 5.75 Å². The molecule has 0 aliphatic carbocycles. The Kier molecular flexibility index (Phi) is 10.7. The standard InChI is InChI=1S/C27H44O3/c1-8-11-13-17-26(4,5)22-19-21(15-16-24(28)30-10-3)20-23(25(22)29)27(6,7)18-14-12-9-2/h10,19-20,29H,3,8-9,11-18H2,1-2,4-7H3. The molecule has 30 heavy (non-hydrogen) atoms. The lowest BCUT2D eigenvalue weighted by Gasteiger charge is -2.32. The van der Waals surface area contributed by atoms with Crippen molar-refractivity contribution in [2.45, 2.75) is 117 Å². The fourth-order valence-electron chi connectivity index (χ4n) is 4.17. The minimum atomic E-state index is -0.273. The number of rotatable bonds is 14. The second-order valence-electron chi connectivity index (χ2n) is 9.88. The topological polar surface area (TPSA) is 46.5 Å². The van der Waals surface area contributed by atoms with E-state index in [0.717, 1.165) is 42.4 Å². The summed E-state index contributed by atoms with van der Waals surface area (Å²) in [7, 11) is 0. The molecule has 0 saturated carbocycles. The zero-order valence-electron chi connectivity index (χ0n) is 20.3. The Labute approximate surface area is 184 Å². The van der Waals surface area contributed by atoms with Crippen LogP contribution in [0.25, 0.3) is 0 Å². The number of esters is 1. The molecule has 1 N–H and O–H groups in total. The maximum Gasteiger partial charge on any atom is 0.310 e. The molecule has 0 fully saturated rings. The van der Waals surface area contributed by atoms with E-state index in [-0.39, 0.29) is 16.8 Å². The van der Waals surface area contributed by atoms with Gasteiger partial charge in [0, 0.05) is 17.5 Å². The SMILES string of the molecule is C=COC(=O)CCc1cc(C(C)(C)CCCCC)c(O)c(C(C)(C)CCCCC)c1. The van der Waals surface area contributed by atoms with Crippen LogP contribution < -0.4 is 0 Å². The molecule has 0 atom stereocenters. The molecule has 0 unspecified atom stereocenters. The zero-order chi connectivity index (χ0) is 22.8. The molecule has 0 spiro atoms. The fraction of sp³-hybridized carbons (Fsp3) is 0.667. The largest absolute Gasteiger partial charge is 0.507 e. The Morgan fingerprint density at radius 1 is 0.967 bits per heavy atom. The first-order valence-electron chi connectivity index (χ1n) is 11.8. The number of benzene rings is 1. The lowest BCUT2D eigenvalue weighted by Crippen LogP contribution is -2.23. The molecule has 0 aromatic heterocycles. The zero-order valence-corrected chi connectivity index (χ0v) is 20.3. The van der Waals surface area contributed by atoms with Crippen molar-refractivity contribution in [3.63, 3.8) is 0 Å². The lowest BCUT2D eigenvalue weighted by atomic mass is 9.73. The van der Waals surface area contributed by atoms with Crippen molar-refractivity contribution in [3.8, 4) is 5.75 Å². The normalized spacial score (nSPS) is 12.1. The molecular formula is C27H44O3. The number of phenolic OH excluding ortho intramolecular Hbond substituents is 1. The van der Waals surface area contributed by atoms with Crippen LogP contribution >= 0.6 is 0 Å². The van der Waals surface area contributed by atoms with E-state index in [1.807, 2.05) is 0 Å². The quantitative estimate of drug-likeness (QED) is 0.192. The number of carbonyl (C=O) groups is 1. The highest BCUT2D eigenvalue weighted by Crippen LogP contribution is 2.43. The van der Waals surface area contributed by atoms with E-state index in [4.69, 9.17) is 4.74 Å². The van der Waals surface area contributed by atoms with Gasteiger partial charge in [-0.2, -0.15) is 0 Å². The molecule has 1 rings (SSSR count). The number of phenols is 1. The average Bonchev–Trinajstić information content (AvgIpc) is 2.67. The predicted octanol–water partition coefficient (Wildman–Crippen LogP) is 7.73. The van der Waals surface area contributed by atoms with Crippen LogP contribution in [-0.4, -0.2) is 11.1 Å². The van der Waals surface area contributed by atoms with Crippen molar-refractivity contribution in [2.24, 2.45) is 0 Å². The lowest BCUT2D eigenvalue weighted by molar-refractivity contribution is -0.137. The van der Waals surface area contributed by atoms with Crippen LogP contribution in [0.15, 0.2) is 25.0 Å². The van der Waals surface area contributed by atoms with Gasteiger partial charge in [-0.15, -0.1) is 0 Å². The van der Waals surface area contributed by atoms with Gasteiger partial charge in [0.2, 0.25) is 0 Å². The molecule has 0 aliphatic rings. The van der Waals surface area contributed by atoms with E-state index < -0.39 is 0 Å². The van der Waals surface area contributed by atoms with Gasteiger partial charge in [0.15, 0.2) is 0 Å². The van der Waals surface area contributed by atoms with E-state index in [1.54, 1.807) is 0 Å². The summed E-state index contributed by atoms with van der Waals surface area (Å²) in [5.74, 6) is 0.168. The summed E-state index contributed by atoms with van der Waals surface area (Å²) in [5.41, 5.74) is 2.86. The molecule has 3 nitrogen and oxygen atoms in total. The van der Waals surface area contributed by atoms with E-state index in [0.29, 0.717) is 18.6 Å². The third-order valence-electron chi connectivity index (χ3n) is 6.27. The van der Waals surface area contributed by atoms with E-state index in [2.05, 4.69) is 60.3 Å². The number of aromatic hydroxyl groups is 1. The van der Waals surface area contributed by atoms with Crippen molar-refractivity contribution in [2.75, 3.05) is 0 Å². The Bertz CT molecular complexity index is 642. The average molecular weight is 417 g/mol. The first kappa shape index (κ1) is 26.3. The number of hydrogen-bond donors (Lipinski definition) is 1. The van der Waals surface area contributed by atoms with Gasteiger partial charge in [-0.25, -0.2) is 0 Å². The highest BCUT2D eigenvalue weighted by Gasteiger charge is 2.31. The van der Waals surface area contributed by atoms with Crippen LogP contribution in [-0.2, 0) is 26.8 Å². The number of aryl methyl sites for hydroxylation is 1. The third kappa shape index (κ3) is 7.81. The molecule has 0 amide bonds. The first-order chi connectivity index (χ1) is 14.1. The smallest absolute Gasteiger partial charge is 0.310 e. The summed E-state index contributed by atoms with van der Waals surface area (Å²) in [6, 6.07) is 4.21. The van der Waals surface area contributed by atoms with Crippen LogP contribution in [0.5, 0.6) is 5.75 Å². The number of unbranched alkanes of at least 4 members (excludes halogenated alkanes) is 4. The summed E-state index contributed by atoms with van der Waals surface area (Å²) < 4.78 is 4.89. The summed E-state index contributed by atoms with van der Waals surface area (Å²) in [6.45, 7) is 16.8. The summed E-state index contributed by atoms with van der Waals surface area (Å²) in [4.78, 5) is 11.9. The minimum absolute atomic E-state index is 0.120. The second-order valence-corrected chi connectivity index (χ2v) is 9.88. The molecule has 0 bridgehead atoms. The first-order valence-corrected chi connectivity index (χ1v) is 11.8. The third-order valence-corrected chi connectivity index (χ3v) is 6.27. The van der Waals surface area contributed by atoms with Crippen LogP contribution in [0.4, 0.5) is 0 Å². The Hall–Kier alpha value is -1.77. The van der Waals surface area contributed by atoms with Crippen LogP contribution in [0.3, 0.4) is 0 Å². The van der Waals surface area contributed by atoms with Crippen molar-refractivity contribution in [1.29, 1.82) is 0 Å². The van der Waals surface area contributed by atoms with E-state index in [9.17, 15) is 9.90 Å². The van der Waals surface area contributed by atoms with Crippen molar-refractivity contribution in [3.05, 3.63) is 41.7 Å². The monoisotopic (exact) mass is 416 g/mol. The van der Waals surface area contributed by atoms with E-state index >= 15 is 0 Å². The second kappa shape index (κ2) is 12.2. The van der Waals surface area contributed by atoms with Crippen LogP contribution in [0.2, 0.25) is 0 Å². The molecule has 1 aromatic carbocycles. The maximum atomic E-state index is 11.9. The molecule has 0 radical (unpaired) electrons. The highest BCUT2D eigenvalue weighted by atomic mass is 16.5. The van der Waals surface area contributed by atoms with Gasteiger partial charge in [-0.3, -0.25) is 4.79 Å². The van der Waals surface area contributed by atoms with Crippen molar-refractivity contribution >= 4 is 5.97 Å². The molecular weight excluding hydrogens is 372 g/mol. The number of ether oxygens (including phenoxy) is 1. The Morgan fingerprint density at radius 2 is 1.43 bits per heavy atom. The molecule has 0 aliphatic heterocycles. The number of hydrogen-bond acceptors (Lipinski definition) is 3. The fourth-order valence-corrected chi connectivity index (χ4v) is 4.17. The van der Waals surface area contributed by atoms with Gasteiger partial charge in [0.05, 0.1) is 6.26 Å².